The van der Waals surface area contributed by atoms with Crippen molar-refractivity contribution in [1.29, 1.82) is 0 Å². The Morgan fingerprint density at radius 3 is 2.42 bits per heavy atom. The van der Waals surface area contributed by atoms with Crippen LogP contribution in [-0.2, 0) is 0 Å². The third-order valence-corrected chi connectivity index (χ3v) is 5.69. The maximum atomic E-state index is 3.70. The minimum atomic E-state index is 0.230. The first-order chi connectivity index (χ1) is 9.02. The lowest BCUT2D eigenvalue weighted by atomic mass is 10.0. The molecule has 2 aromatic rings. The Labute approximate surface area is 135 Å². The number of benzene rings is 1. The van der Waals surface area contributed by atoms with Crippen LogP contribution in [0.15, 0.2) is 33.2 Å². The number of hydrogen-bond acceptors (Lipinski definition) is 2. The molecule has 1 aromatic carbocycles. The Morgan fingerprint density at radius 2 is 1.89 bits per heavy atom. The standard InChI is InChI=1S/C15H17Br2NS/c1-4-18-14(15-13(17)8-10(3)19-15)11-6-5-9(2)7-12(11)16/h5-8,14,18H,4H2,1-3H3. The van der Waals surface area contributed by atoms with Crippen molar-refractivity contribution in [3.8, 4) is 0 Å². The highest BCUT2D eigenvalue weighted by Gasteiger charge is 2.20. The minimum Gasteiger partial charge on any atom is -0.306 e. The van der Waals surface area contributed by atoms with E-state index in [1.54, 1.807) is 0 Å². The highest BCUT2D eigenvalue weighted by molar-refractivity contribution is 9.10. The van der Waals surface area contributed by atoms with Gasteiger partial charge in [0.05, 0.1) is 6.04 Å². The van der Waals surface area contributed by atoms with Crippen LogP contribution < -0.4 is 5.32 Å². The van der Waals surface area contributed by atoms with E-state index in [-0.39, 0.29) is 6.04 Å². The van der Waals surface area contributed by atoms with Crippen LogP contribution in [-0.4, -0.2) is 6.54 Å². The predicted molar refractivity (Wildman–Crippen MR) is 91.2 cm³/mol. The van der Waals surface area contributed by atoms with E-state index in [9.17, 15) is 0 Å². The van der Waals surface area contributed by atoms with Crippen molar-refractivity contribution >= 4 is 43.2 Å². The van der Waals surface area contributed by atoms with Crippen LogP contribution in [0, 0.1) is 13.8 Å². The topological polar surface area (TPSA) is 12.0 Å². The minimum absolute atomic E-state index is 0.230. The molecule has 1 nitrogen and oxygen atoms in total. The largest absolute Gasteiger partial charge is 0.306 e. The SMILES string of the molecule is CCNC(c1ccc(C)cc1Br)c1sc(C)cc1Br. The van der Waals surface area contributed by atoms with Crippen molar-refractivity contribution in [2.24, 2.45) is 0 Å². The first kappa shape index (κ1) is 15.2. The molecule has 0 bridgehead atoms. The van der Waals surface area contributed by atoms with Crippen molar-refractivity contribution in [2.75, 3.05) is 6.54 Å². The van der Waals surface area contributed by atoms with Gasteiger partial charge in [0.1, 0.15) is 0 Å². The van der Waals surface area contributed by atoms with Crippen LogP contribution in [0.1, 0.15) is 33.8 Å². The van der Waals surface area contributed by atoms with Crippen LogP contribution >= 0.6 is 43.2 Å². The molecule has 0 spiro atoms. The van der Waals surface area contributed by atoms with Gasteiger partial charge in [0.25, 0.3) is 0 Å². The van der Waals surface area contributed by atoms with Gasteiger partial charge in [0.15, 0.2) is 0 Å². The third kappa shape index (κ3) is 3.48. The van der Waals surface area contributed by atoms with Crippen molar-refractivity contribution in [3.05, 3.63) is 54.1 Å². The van der Waals surface area contributed by atoms with E-state index in [0.717, 1.165) is 11.0 Å². The summed E-state index contributed by atoms with van der Waals surface area (Å²) in [5.41, 5.74) is 2.56. The quantitative estimate of drug-likeness (QED) is 0.702. The molecule has 1 heterocycles. The summed E-state index contributed by atoms with van der Waals surface area (Å²) in [6.45, 7) is 7.34. The summed E-state index contributed by atoms with van der Waals surface area (Å²) < 4.78 is 2.35. The number of thiophene rings is 1. The molecule has 1 aromatic heterocycles. The Kier molecular flexibility index (Phi) is 5.23. The second-order valence-corrected chi connectivity index (χ2v) is 7.58. The maximum absolute atomic E-state index is 3.70. The van der Waals surface area contributed by atoms with Crippen molar-refractivity contribution in [1.82, 2.24) is 5.32 Å². The zero-order valence-electron chi connectivity index (χ0n) is 11.3. The summed E-state index contributed by atoms with van der Waals surface area (Å²) >= 11 is 9.21. The highest BCUT2D eigenvalue weighted by atomic mass is 79.9. The van der Waals surface area contributed by atoms with E-state index < -0.39 is 0 Å². The Hall–Kier alpha value is -0.160. The second-order valence-electron chi connectivity index (χ2n) is 4.58. The van der Waals surface area contributed by atoms with Gasteiger partial charge in [-0.2, -0.15) is 0 Å². The van der Waals surface area contributed by atoms with Gasteiger partial charge in [0.2, 0.25) is 0 Å². The molecule has 0 amide bonds. The Bertz CT molecular complexity index is 578. The lowest BCUT2D eigenvalue weighted by molar-refractivity contribution is 0.635. The summed E-state index contributed by atoms with van der Waals surface area (Å²) in [5.74, 6) is 0. The summed E-state index contributed by atoms with van der Waals surface area (Å²) in [4.78, 5) is 2.66. The van der Waals surface area contributed by atoms with E-state index in [1.807, 2.05) is 11.3 Å². The molecule has 19 heavy (non-hydrogen) atoms. The molecule has 0 radical (unpaired) electrons. The Balaban J connectivity index is 2.48. The number of halogens is 2. The van der Waals surface area contributed by atoms with E-state index in [4.69, 9.17) is 0 Å². The predicted octanol–water partition coefficient (Wildman–Crippen LogP) is 5.59. The van der Waals surface area contributed by atoms with E-state index >= 15 is 0 Å². The fourth-order valence-electron chi connectivity index (χ4n) is 2.11. The van der Waals surface area contributed by atoms with Gasteiger partial charge in [0, 0.05) is 18.7 Å². The number of rotatable bonds is 4. The van der Waals surface area contributed by atoms with E-state index in [2.05, 4.69) is 82.2 Å². The maximum Gasteiger partial charge on any atom is 0.0693 e. The molecule has 0 aliphatic rings. The first-order valence-corrected chi connectivity index (χ1v) is 8.68. The summed E-state index contributed by atoms with van der Waals surface area (Å²) in [5, 5.41) is 3.58. The van der Waals surface area contributed by atoms with Crippen LogP contribution in [0.2, 0.25) is 0 Å². The molecule has 0 aliphatic heterocycles. The number of hydrogen-bond donors (Lipinski definition) is 1. The molecular formula is C15H17Br2NS. The molecule has 0 aliphatic carbocycles. The fraction of sp³-hybridized carbons (Fsp3) is 0.333. The van der Waals surface area contributed by atoms with E-state index in [0.29, 0.717) is 0 Å². The van der Waals surface area contributed by atoms with Gasteiger partial charge in [-0.1, -0.05) is 35.0 Å². The average molecular weight is 403 g/mol. The molecule has 2 rings (SSSR count). The molecule has 102 valence electrons. The van der Waals surface area contributed by atoms with Crippen molar-refractivity contribution in [3.63, 3.8) is 0 Å². The van der Waals surface area contributed by atoms with Crippen LogP contribution in [0.25, 0.3) is 0 Å². The normalized spacial score (nSPS) is 12.7. The van der Waals surface area contributed by atoms with Crippen LogP contribution in [0.3, 0.4) is 0 Å². The zero-order valence-corrected chi connectivity index (χ0v) is 15.2. The Morgan fingerprint density at radius 1 is 1.16 bits per heavy atom. The summed E-state index contributed by atoms with van der Waals surface area (Å²) in [6, 6.07) is 8.96. The first-order valence-electron chi connectivity index (χ1n) is 6.28. The summed E-state index contributed by atoms with van der Waals surface area (Å²) in [6.07, 6.45) is 0. The second kappa shape index (κ2) is 6.53. The summed E-state index contributed by atoms with van der Waals surface area (Å²) in [7, 11) is 0. The fourth-order valence-corrected chi connectivity index (χ4v) is 4.81. The van der Waals surface area contributed by atoms with Gasteiger partial charge in [-0.25, -0.2) is 0 Å². The molecule has 0 saturated heterocycles. The molecular weight excluding hydrogens is 386 g/mol. The smallest absolute Gasteiger partial charge is 0.0693 e. The molecule has 1 N–H and O–H groups in total. The van der Waals surface area contributed by atoms with Crippen LogP contribution in [0.5, 0.6) is 0 Å². The molecule has 1 unspecified atom stereocenters. The molecule has 1 atom stereocenters. The number of aryl methyl sites for hydroxylation is 2. The lowest BCUT2D eigenvalue weighted by Crippen LogP contribution is -2.21. The molecule has 4 heteroatoms. The van der Waals surface area contributed by atoms with Crippen LogP contribution in [0.4, 0.5) is 0 Å². The zero-order chi connectivity index (χ0) is 14.0. The van der Waals surface area contributed by atoms with Crippen molar-refractivity contribution in [2.45, 2.75) is 26.8 Å². The third-order valence-electron chi connectivity index (χ3n) is 2.97. The van der Waals surface area contributed by atoms with Crippen molar-refractivity contribution < 1.29 is 0 Å². The van der Waals surface area contributed by atoms with Gasteiger partial charge >= 0.3 is 0 Å². The monoisotopic (exact) mass is 401 g/mol. The molecule has 0 fully saturated rings. The van der Waals surface area contributed by atoms with Gasteiger partial charge in [-0.3, -0.25) is 0 Å². The van der Waals surface area contributed by atoms with Gasteiger partial charge in [-0.05, 0) is 59.6 Å². The molecule has 0 saturated carbocycles. The van der Waals surface area contributed by atoms with Gasteiger partial charge in [-0.15, -0.1) is 11.3 Å². The van der Waals surface area contributed by atoms with Gasteiger partial charge < -0.3 is 5.32 Å². The van der Waals surface area contributed by atoms with E-state index in [1.165, 1.54) is 25.4 Å². The highest BCUT2D eigenvalue weighted by Crippen LogP contribution is 2.38. The number of nitrogens with one attached hydrogen (secondary N) is 1. The average Bonchev–Trinajstić information content (AvgIpc) is 2.66. The lowest BCUT2D eigenvalue weighted by Gasteiger charge is -2.19.